The molecule has 0 spiro atoms. The van der Waals surface area contributed by atoms with Crippen LogP contribution in [0.1, 0.15) is 12.0 Å². The van der Waals surface area contributed by atoms with Crippen molar-refractivity contribution in [3.8, 4) is 0 Å². The Morgan fingerprint density at radius 2 is 2.07 bits per heavy atom. The number of carbonyl (C=O) groups excluding carboxylic acids is 1. The Balaban J connectivity index is 1.61. The second-order valence-electron chi connectivity index (χ2n) is 6.14. The number of hydrogen-bond acceptors (Lipinski definition) is 7. The minimum Gasteiger partial charge on any atom is -0.399 e. The molecule has 2 aliphatic rings. The molecule has 1 aliphatic carbocycles. The number of hydrogen-bond donors (Lipinski definition) is 2. The van der Waals surface area contributed by atoms with Gasteiger partial charge in [-0.15, -0.1) is 0 Å². The smallest absolute Gasteiger partial charge is 0.321 e. The molecule has 0 unspecified atom stereocenters. The molecule has 1 aromatic rings. The average Bonchev–Trinajstić information content (AvgIpc) is 2.91. The van der Waals surface area contributed by atoms with Crippen molar-refractivity contribution in [2.75, 3.05) is 43.9 Å². The molecule has 0 aromatic carbocycles. The van der Waals surface area contributed by atoms with Gasteiger partial charge in [-0.25, -0.2) is 14.8 Å². The lowest BCUT2D eigenvalue weighted by Gasteiger charge is -2.36. The Hall–Kier alpha value is -3.07. The van der Waals surface area contributed by atoms with Gasteiger partial charge in [0.05, 0.1) is 11.8 Å². The van der Waals surface area contributed by atoms with E-state index >= 15 is 0 Å². The van der Waals surface area contributed by atoms with Crippen molar-refractivity contribution >= 4 is 35.5 Å². The quantitative estimate of drug-likeness (QED) is 0.586. The number of aromatic nitrogens is 2. The van der Waals surface area contributed by atoms with Gasteiger partial charge in [0.2, 0.25) is 0 Å². The third-order valence-corrected chi connectivity index (χ3v) is 4.65. The lowest BCUT2D eigenvalue weighted by atomic mass is 10.2. The number of nitrogens with one attached hydrogen (secondary N) is 1. The minimum atomic E-state index is -0.142. The second kappa shape index (κ2) is 9.23. The summed E-state index contributed by atoms with van der Waals surface area (Å²) in [6, 6.07) is -0.142. The molecular formula is C18H22ClN7O2. The monoisotopic (exact) mass is 403 g/mol. The molecule has 2 heterocycles. The van der Waals surface area contributed by atoms with E-state index in [1.165, 1.54) is 19.7 Å². The molecule has 3 rings (SSSR count). The van der Waals surface area contributed by atoms with Gasteiger partial charge in [0.25, 0.3) is 0 Å². The van der Waals surface area contributed by atoms with Crippen molar-refractivity contribution in [1.82, 2.24) is 20.2 Å². The molecule has 1 aliphatic heterocycles. The van der Waals surface area contributed by atoms with E-state index in [2.05, 4.69) is 20.4 Å². The van der Waals surface area contributed by atoms with E-state index in [4.69, 9.17) is 22.2 Å². The number of oxime groups is 1. The standard InChI is InChI=1S/C18H22ClN7O2/c1-28-23-11-15-16(20)21-12-22-17(15)25-7-9-26(10-8-25)18(27)24-14-4-2-3-13(19)5-6-14/h3-6,11-12H,2,7-10H2,1H3,(H,24,27)(H2,20,21,22)/b23-11+. The van der Waals surface area contributed by atoms with Crippen LogP contribution in [-0.2, 0) is 4.84 Å². The Kier molecular flexibility index (Phi) is 6.49. The average molecular weight is 404 g/mol. The maximum absolute atomic E-state index is 12.6. The molecule has 2 amide bonds. The van der Waals surface area contributed by atoms with Crippen LogP contribution in [0.4, 0.5) is 16.4 Å². The van der Waals surface area contributed by atoms with Gasteiger partial charge in [-0.1, -0.05) is 28.9 Å². The first kappa shape index (κ1) is 19.7. The van der Waals surface area contributed by atoms with Crippen molar-refractivity contribution in [3.63, 3.8) is 0 Å². The molecule has 3 N–H and O–H groups in total. The van der Waals surface area contributed by atoms with E-state index in [9.17, 15) is 4.79 Å². The number of allylic oxidation sites excluding steroid dienone is 5. The number of carbonyl (C=O) groups is 1. The number of piperazine rings is 1. The van der Waals surface area contributed by atoms with Crippen LogP contribution in [0.2, 0.25) is 0 Å². The molecular weight excluding hydrogens is 382 g/mol. The van der Waals surface area contributed by atoms with Gasteiger partial charge >= 0.3 is 6.03 Å². The van der Waals surface area contributed by atoms with Crippen molar-refractivity contribution in [3.05, 3.63) is 46.9 Å². The second-order valence-corrected chi connectivity index (χ2v) is 6.57. The van der Waals surface area contributed by atoms with Crippen LogP contribution in [0.5, 0.6) is 0 Å². The fourth-order valence-electron chi connectivity index (χ4n) is 2.90. The van der Waals surface area contributed by atoms with Gasteiger partial charge in [0.15, 0.2) is 0 Å². The topological polar surface area (TPSA) is 109 Å². The van der Waals surface area contributed by atoms with Crippen LogP contribution in [0.3, 0.4) is 0 Å². The maximum Gasteiger partial charge on any atom is 0.321 e. The minimum absolute atomic E-state index is 0.142. The number of anilines is 2. The lowest BCUT2D eigenvalue weighted by molar-refractivity contribution is 0.197. The highest BCUT2D eigenvalue weighted by Gasteiger charge is 2.24. The van der Waals surface area contributed by atoms with Gasteiger partial charge in [-0.05, 0) is 18.6 Å². The fourth-order valence-corrected chi connectivity index (χ4v) is 3.05. The number of urea groups is 1. The highest BCUT2D eigenvalue weighted by Crippen LogP contribution is 2.21. The number of amides is 2. The largest absolute Gasteiger partial charge is 0.399 e. The van der Waals surface area contributed by atoms with E-state index in [0.29, 0.717) is 54.8 Å². The summed E-state index contributed by atoms with van der Waals surface area (Å²) < 4.78 is 0. The third-order valence-electron chi connectivity index (χ3n) is 4.37. The zero-order valence-electron chi connectivity index (χ0n) is 15.5. The van der Waals surface area contributed by atoms with Crippen LogP contribution in [0.25, 0.3) is 0 Å². The zero-order valence-corrected chi connectivity index (χ0v) is 16.3. The molecule has 148 valence electrons. The lowest BCUT2D eigenvalue weighted by Crippen LogP contribution is -2.52. The summed E-state index contributed by atoms with van der Waals surface area (Å²) in [6.07, 6.45) is 11.0. The van der Waals surface area contributed by atoms with Crippen LogP contribution >= 0.6 is 11.6 Å². The molecule has 10 heteroatoms. The summed E-state index contributed by atoms with van der Waals surface area (Å²) in [5, 5.41) is 7.35. The van der Waals surface area contributed by atoms with Crippen LogP contribution in [-0.4, -0.2) is 60.4 Å². The first-order valence-electron chi connectivity index (χ1n) is 8.80. The summed E-state index contributed by atoms with van der Waals surface area (Å²) in [4.78, 5) is 29.4. The van der Waals surface area contributed by atoms with Gasteiger partial charge < -0.3 is 25.7 Å². The van der Waals surface area contributed by atoms with Crippen LogP contribution < -0.4 is 16.0 Å². The van der Waals surface area contributed by atoms with E-state index in [1.54, 1.807) is 17.1 Å². The Labute approximate surface area is 168 Å². The van der Waals surface area contributed by atoms with Gasteiger partial charge in [0.1, 0.15) is 25.1 Å². The van der Waals surface area contributed by atoms with E-state index in [1.807, 2.05) is 17.1 Å². The molecule has 1 aromatic heterocycles. The fraction of sp³-hybridized carbons (Fsp3) is 0.333. The first-order valence-corrected chi connectivity index (χ1v) is 9.18. The maximum atomic E-state index is 12.6. The highest BCUT2D eigenvalue weighted by atomic mass is 35.5. The molecule has 0 saturated carbocycles. The SMILES string of the molecule is CO/N=C/c1c(N)ncnc1N1CCN(C(=O)NC2=CCC=C(Cl)C=C2)CC1. The highest BCUT2D eigenvalue weighted by molar-refractivity contribution is 6.31. The van der Waals surface area contributed by atoms with Gasteiger partial charge in [-0.3, -0.25) is 0 Å². The Bertz CT molecular complexity index is 842. The van der Waals surface area contributed by atoms with Gasteiger partial charge in [0, 0.05) is 36.9 Å². The molecule has 9 nitrogen and oxygen atoms in total. The van der Waals surface area contributed by atoms with E-state index in [-0.39, 0.29) is 6.03 Å². The van der Waals surface area contributed by atoms with Crippen molar-refractivity contribution in [2.45, 2.75) is 6.42 Å². The van der Waals surface area contributed by atoms with Crippen LogP contribution in [0.15, 0.2) is 46.5 Å². The molecule has 0 radical (unpaired) electrons. The molecule has 0 atom stereocenters. The predicted molar refractivity (Wildman–Crippen MR) is 109 cm³/mol. The van der Waals surface area contributed by atoms with Crippen molar-refractivity contribution < 1.29 is 9.63 Å². The molecule has 1 saturated heterocycles. The summed E-state index contributed by atoms with van der Waals surface area (Å²) in [6.45, 7) is 2.32. The summed E-state index contributed by atoms with van der Waals surface area (Å²) >= 11 is 5.98. The molecule has 1 fully saturated rings. The normalized spacial score (nSPS) is 17.2. The zero-order chi connectivity index (χ0) is 19.9. The molecule has 28 heavy (non-hydrogen) atoms. The number of halogens is 1. The Morgan fingerprint density at radius 3 is 2.82 bits per heavy atom. The first-order chi connectivity index (χ1) is 13.6. The van der Waals surface area contributed by atoms with Gasteiger partial charge in [-0.2, -0.15) is 0 Å². The van der Waals surface area contributed by atoms with E-state index in [0.717, 1.165) is 5.70 Å². The summed E-state index contributed by atoms with van der Waals surface area (Å²) in [5.41, 5.74) is 7.28. The van der Waals surface area contributed by atoms with E-state index < -0.39 is 0 Å². The number of nitrogens with two attached hydrogens (primary N) is 1. The van der Waals surface area contributed by atoms with Crippen molar-refractivity contribution in [2.24, 2.45) is 5.16 Å². The Morgan fingerprint density at radius 1 is 1.29 bits per heavy atom. The number of nitrogens with zero attached hydrogens (tertiary/aromatic N) is 5. The predicted octanol–water partition coefficient (Wildman–Crippen LogP) is 1.84. The summed E-state index contributed by atoms with van der Waals surface area (Å²) in [7, 11) is 1.45. The van der Waals surface area contributed by atoms with Crippen LogP contribution in [0, 0.1) is 0 Å². The van der Waals surface area contributed by atoms with Crippen molar-refractivity contribution in [1.29, 1.82) is 0 Å². The number of rotatable bonds is 4. The summed E-state index contributed by atoms with van der Waals surface area (Å²) in [5.74, 6) is 0.994. The number of nitrogen functional groups attached to an aromatic ring is 1. The molecule has 0 bridgehead atoms. The third kappa shape index (κ3) is 4.80.